The number of benzene rings is 5. The molecule has 0 bridgehead atoms. The van der Waals surface area contributed by atoms with Gasteiger partial charge in [-0.05, 0) is 29.2 Å². The van der Waals surface area contributed by atoms with Gasteiger partial charge < -0.3 is 9.62 Å². The van der Waals surface area contributed by atoms with E-state index in [0.29, 0.717) is 5.82 Å². The highest BCUT2D eigenvalue weighted by atomic mass is 15.3. The third-order valence-electron chi connectivity index (χ3n) is 7.64. The molecule has 39 heavy (non-hydrogen) atoms. The fraction of sp³-hybridized carbons (Fsp3) is 0. The van der Waals surface area contributed by atoms with Gasteiger partial charge in [0.1, 0.15) is 5.82 Å². The standard InChI is InChI=1S/C34H23BN4/c1-3-13-24(14-4-1)29-23-33(37-34(36-29)25-15-5-2-6-16-25)39-32-22-12-11-21-31(32)38-30-20-10-8-18-27(30)26-17-7-9-19-28(26)35(38)39/h1-23H. The van der Waals surface area contributed by atoms with E-state index in [4.69, 9.17) is 9.97 Å². The Hall–Kier alpha value is -5.16. The van der Waals surface area contributed by atoms with E-state index in [2.05, 4.69) is 125 Å². The van der Waals surface area contributed by atoms with Crippen molar-refractivity contribution in [2.45, 2.75) is 0 Å². The van der Waals surface area contributed by atoms with E-state index in [0.717, 1.165) is 28.3 Å². The predicted octanol–water partition coefficient (Wildman–Crippen LogP) is 7.48. The average Bonchev–Trinajstić information content (AvgIpc) is 3.38. The molecule has 0 N–H and O–H groups in total. The maximum Gasteiger partial charge on any atom is 0.422 e. The van der Waals surface area contributed by atoms with Crippen molar-refractivity contribution in [2.24, 2.45) is 0 Å². The molecule has 0 atom stereocenters. The molecule has 0 saturated heterocycles. The molecule has 2 aliphatic heterocycles. The van der Waals surface area contributed by atoms with Gasteiger partial charge in [0.05, 0.1) is 17.1 Å². The number of hydrogen-bond acceptors (Lipinski definition) is 4. The van der Waals surface area contributed by atoms with Gasteiger partial charge in [-0.15, -0.1) is 0 Å². The van der Waals surface area contributed by atoms with Crippen LogP contribution < -0.4 is 15.1 Å². The van der Waals surface area contributed by atoms with Crippen LogP contribution in [0.3, 0.4) is 0 Å². The van der Waals surface area contributed by atoms with E-state index in [1.165, 1.54) is 28.0 Å². The minimum absolute atomic E-state index is 0.0735. The zero-order valence-electron chi connectivity index (χ0n) is 21.1. The smallest absolute Gasteiger partial charge is 0.359 e. The largest absolute Gasteiger partial charge is 0.422 e. The second-order valence-corrected chi connectivity index (χ2v) is 9.87. The van der Waals surface area contributed by atoms with Crippen LogP contribution in [0.1, 0.15) is 0 Å². The summed E-state index contributed by atoms with van der Waals surface area (Å²) in [5.41, 5.74) is 10.2. The third kappa shape index (κ3) is 3.40. The van der Waals surface area contributed by atoms with Gasteiger partial charge in [0.2, 0.25) is 0 Å². The van der Waals surface area contributed by atoms with E-state index in [1.807, 2.05) is 24.3 Å². The van der Waals surface area contributed by atoms with E-state index in [-0.39, 0.29) is 6.98 Å². The van der Waals surface area contributed by atoms with Crippen LogP contribution in [0, 0.1) is 0 Å². The lowest BCUT2D eigenvalue weighted by molar-refractivity contribution is 1.15. The first-order chi connectivity index (χ1) is 19.4. The Kier molecular flexibility index (Phi) is 4.89. The van der Waals surface area contributed by atoms with E-state index in [9.17, 15) is 0 Å². The number of nitrogens with zero attached hydrogens (tertiary/aromatic N) is 4. The van der Waals surface area contributed by atoms with Gasteiger partial charge in [-0.1, -0.05) is 115 Å². The number of anilines is 4. The molecule has 4 nitrogen and oxygen atoms in total. The highest BCUT2D eigenvalue weighted by Gasteiger charge is 2.48. The first-order valence-electron chi connectivity index (χ1n) is 13.2. The Morgan fingerprint density at radius 1 is 0.462 bits per heavy atom. The van der Waals surface area contributed by atoms with Crippen molar-refractivity contribution >= 4 is 35.3 Å². The Labute approximate surface area is 228 Å². The quantitative estimate of drug-likeness (QED) is 0.237. The number of para-hydroxylation sites is 3. The molecule has 0 radical (unpaired) electrons. The van der Waals surface area contributed by atoms with Crippen molar-refractivity contribution in [3.8, 4) is 33.8 Å². The molecule has 0 aliphatic carbocycles. The summed E-state index contributed by atoms with van der Waals surface area (Å²) >= 11 is 0. The zero-order valence-corrected chi connectivity index (χ0v) is 21.1. The van der Waals surface area contributed by atoms with Crippen LogP contribution in [0.15, 0.2) is 140 Å². The highest BCUT2D eigenvalue weighted by molar-refractivity contribution is 6.86. The Morgan fingerprint density at radius 2 is 1.03 bits per heavy atom. The van der Waals surface area contributed by atoms with Crippen LogP contribution in [-0.4, -0.2) is 17.0 Å². The van der Waals surface area contributed by atoms with E-state index >= 15 is 0 Å². The lowest BCUT2D eigenvalue weighted by atomic mass is 9.59. The molecule has 5 heteroatoms. The van der Waals surface area contributed by atoms with Crippen molar-refractivity contribution in [1.82, 2.24) is 9.97 Å². The highest BCUT2D eigenvalue weighted by Crippen LogP contribution is 2.50. The molecule has 0 spiro atoms. The SMILES string of the molecule is c1ccc(-c2cc(N3B4c5ccccc5-c5ccccc5N4c4ccccc43)nc(-c3ccccc3)n2)cc1. The fourth-order valence-corrected chi connectivity index (χ4v) is 5.95. The Morgan fingerprint density at radius 3 is 1.77 bits per heavy atom. The van der Waals surface area contributed by atoms with Crippen molar-refractivity contribution in [3.05, 3.63) is 140 Å². The van der Waals surface area contributed by atoms with Gasteiger partial charge in [-0.3, -0.25) is 0 Å². The van der Waals surface area contributed by atoms with Crippen LogP contribution in [0.2, 0.25) is 0 Å². The van der Waals surface area contributed by atoms with Crippen molar-refractivity contribution in [1.29, 1.82) is 0 Å². The molecule has 5 aromatic carbocycles. The summed E-state index contributed by atoms with van der Waals surface area (Å²) in [5, 5.41) is 0. The third-order valence-corrected chi connectivity index (χ3v) is 7.64. The number of hydrogen-bond donors (Lipinski definition) is 0. The van der Waals surface area contributed by atoms with Gasteiger partial charge in [-0.25, -0.2) is 9.97 Å². The van der Waals surface area contributed by atoms with Crippen LogP contribution in [0.4, 0.5) is 22.9 Å². The summed E-state index contributed by atoms with van der Waals surface area (Å²) < 4.78 is 0. The summed E-state index contributed by atoms with van der Waals surface area (Å²) in [6.45, 7) is -0.0735. The Bertz CT molecular complexity index is 1780. The summed E-state index contributed by atoms with van der Waals surface area (Å²) in [7, 11) is 0. The summed E-state index contributed by atoms with van der Waals surface area (Å²) in [4.78, 5) is 15.1. The van der Waals surface area contributed by atoms with E-state index in [1.54, 1.807) is 0 Å². The molecule has 0 amide bonds. The van der Waals surface area contributed by atoms with E-state index < -0.39 is 0 Å². The van der Waals surface area contributed by atoms with Crippen molar-refractivity contribution in [2.75, 3.05) is 9.62 Å². The molecule has 182 valence electrons. The number of fused-ring (bicyclic) bond motifs is 8. The molecule has 0 unspecified atom stereocenters. The monoisotopic (exact) mass is 498 g/mol. The first kappa shape index (κ1) is 21.9. The molecule has 0 fully saturated rings. The summed E-state index contributed by atoms with van der Waals surface area (Å²) in [5.74, 6) is 1.59. The van der Waals surface area contributed by atoms with Crippen molar-refractivity contribution in [3.63, 3.8) is 0 Å². The summed E-state index contributed by atoms with van der Waals surface area (Å²) in [6.07, 6.45) is 0. The lowest BCUT2D eigenvalue weighted by Crippen LogP contribution is -2.55. The van der Waals surface area contributed by atoms with Crippen molar-refractivity contribution < 1.29 is 0 Å². The number of aromatic nitrogens is 2. The maximum absolute atomic E-state index is 5.22. The van der Waals surface area contributed by atoms with Crippen LogP contribution in [-0.2, 0) is 0 Å². The molecular formula is C34H23BN4. The second-order valence-electron chi connectivity index (χ2n) is 9.87. The predicted molar refractivity (Wildman–Crippen MR) is 161 cm³/mol. The van der Waals surface area contributed by atoms with Crippen LogP contribution >= 0.6 is 0 Å². The average molecular weight is 498 g/mol. The van der Waals surface area contributed by atoms with Gasteiger partial charge in [0, 0.05) is 28.4 Å². The molecule has 3 heterocycles. The molecule has 0 saturated carbocycles. The molecule has 2 aliphatic rings. The molecular weight excluding hydrogens is 475 g/mol. The van der Waals surface area contributed by atoms with Gasteiger partial charge in [0.25, 0.3) is 0 Å². The minimum atomic E-state index is -0.0735. The van der Waals surface area contributed by atoms with Gasteiger partial charge in [-0.2, -0.15) is 0 Å². The molecule has 6 aromatic rings. The fourth-order valence-electron chi connectivity index (χ4n) is 5.95. The van der Waals surface area contributed by atoms with Gasteiger partial charge >= 0.3 is 6.98 Å². The summed E-state index contributed by atoms with van der Waals surface area (Å²) in [6, 6.07) is 48.8. The number of rotatable bonds is 3. The topological polar surface area (TPSA) is 32.3 Å². The molecule has 1 aromatic heterocycles. The van der Waals surface area contributed by atoms with Gasteiger partial charge in [0.15, 0.2) is 5.82 Å². The minimum Gasteiger partial charge on any atom is -0.359 e. The second kappa shape index (κ2) is 8.71. The van der Waals surface area contributed by atoms with Crippen LogP contribution in [0.25, 0.3) is 33.8 Å². The Balaban J connectivity index is 1.40. The van der Waals surface area contributed by atoms with Crippen LogP contribution in [0.5, 0.6) is 0 Å². The normalized spacial score (nSPS) is 13.0. The zero-order chi connectivity index (χ0) is 25.8. The maximum atomic E-state index is 5.22. The molecule has 8 rings (SSSR count). The lowest BCUT2D eigenvalue weighted by Gasteiger charge is -2.36. The first-order valence-corrected chi connectivity index (χ1v) is 13.2.